The van der Waals surface area contributed by atoms with Gasteiger partial charge in [-0.1, -0.05) is 42.8 Å². The number of carboxylic acid groups (broad SMARTS) is 1. The molecule has 2 aromatic carbocycles. The Morgan fingerprint density at radius 1 is 1.13 bits per heavy atom. The summed E-state index contributed by atoms with van der Waals surface area (Å²) in [6.45, 7) is 3.48. The second kappa shape index (κ2) is 8.90. The molecule has 0 bridgehead atoms. The van der Waals surface area contributed by atoms with Gasteiger partial charge in [-0.15, -0.1) is 0 Å². The standard InChI is InChI=1S/C23H25ClN2O4/c1-4-16(23(29)30)14-5-7-15(8-6-14)19(12-27)25-22(28)21-11-17-18(24)9-13(2)10-20(17)26(21)3/h5-11,16,19,27H,4,12H2,1-3H3,(H,25,28)(H,29,30)/t16?,19-/m1/s1. The number of carbonyl (C=O) groups is 2. The largest absolute Gasteiger partial charge is 0.481 e. The van der Waals surface area contributed by atoms with Crippen molar-refractivity contribution in [2.75, 3.05) is 6.61 Å². The van der Waals surface area contributed by atoms with Crippen LogP contribution in [0.1, 0.15) is 52.5 Å². The maximum atomic E-state index is 12.9. The smallest absolute Gasteiger partial charge is 0.310 e. The van der Waals surface area contributed by atoms with Crippen LogP contribution in [0.4, 0.5) is 0 Å². The van der Waals surface area contributed by atoms with Crippen molar-refractivity contribution in [2.45, 2.75) is 32.2 Å². The number of fused-ring (bicyclic) bond motifs is 1. The first-order valence-corrected chi connectivity index (χ1v) is 10.1. The van der Waals surface area contributed by atoms with Gasteiger partial charge in [0, 0.05) is 12.4 Å². The number of aromatic nitrogens is 1. The van der Waals surface area contributed by atoms with Gasteiger partial charge in [-0.2, -0.15) is 0 Å². The SMILES string of the molecule is CCC(C(=O)O)c1ccc([C@@H](CO)NC(=O)c2cc3c(Cl)cc(C)cc3n2C)cc1. The Morgan fingerprint density at radius 2 is 1.77 bits per heavy atom. The maximum Gasteiger partial charge on any atom is 0.310 e. The molecule has 3 rings (SSSR count). The summed E-state index contributed by atoms with van der Waals surface area (Å²) in [5, 5.41) is 23.4. The number of aryl methyl sites for hydroxylation is 2. The molecular formula is C23H25ClN2O4. The molecule has 158 valence electrons. The highest BCUT2D eigenvalue weighted by Gasteiger charge is 2.21. The van der Waals surface area contributed by atoms with Crippen LogP contribution in [0.15, 0.2) is 42.5 Å². The number of carboxylic acids is 1. The summed E-state index contributed by atoms with van der Waals surface area (Å²) in [7, 11) is 1.80. The van der Waals surface area contributed by atoms with Crippen molar-refractivity contribution < 1.29 is 19.8 Å². The Balaban J connectivity index is 1.85. The number of hydrogen-bond donors (Lipinski definition) is 3. The normalized spacial score (nSPS) is 13.2. The average molecular weight is 429 g/mol. The molecular weight excluding hydrogens is 404 g/mol. The van der Waals surface area contributed by atoms with E-state index in [0.29, 0.717) is 28.3 Å². The first-order chi connectivity index (χ1) is 14.3. The monoisotopic (exact) mass is 428 g/mol. The van der Waals surface area contributed by atoms with Crippen molar-refractivity contribution in [3.8, 4) is 0 Å². The molecule has 0 aliphatic rings. The molecule has 2 atom stereocenters. The Bertz CT molecular complexity index is 1090. The Morgan fingerprint density at radius 3 is 2.33 bits per heavy atom. The highest BCUT2D eigenvalue weighted by atomic mass is 35.5. The van der Waals surface area contributed by atoms with Crippen LogP contribution in [0.3, 0.4) is 0 Å². The van der Waals surface area contributed by atoms with Gasteiger partial charge in [0.2, 0.25) is 0 Å². The van der Waals surface area contributed by atoms with Crippen LogP contribution < -0.4 is 5.32 Å². The van der Waals surface area contributed by atoms with E-state index in [9.17, 15) is 19.8 Å². The third kappa shape index (κ3) is 4.20. The van der Waals surface area contributed by atoms with Crippen LogP contribution in [0.5, 0.6) is 0 Å². The zero-order valence-corrected chi connectivity index (χ0v) is 17.9. The lowest BCUT2D eigenvalue weighted by atomic mass is 9.94. The van der Waals surface area contributed by atoms with E-state index in [1.165, 1.54) is 0 Å². The number of rotatable bonds is 7. The van der Waals surface area contributed by atoms with Crippen molar-refractivity contribution in [3.63, 3.8) is 0 Å². The van der Waals surface area contributed by atoms with Crippen molar-refractivity contribution in [3.05, 3.63) is 69.9 Å². The van der Waals surface area contributed by atoms with E-state index in [1.807, 2.05) is 26.0 Å². The molecule has 1 aromatic heterocycles. The first-order valence-electron chi connectivity index (χ1n) is 9.76. The van der Waals surface area contributed by atoms with Gasteiger partial charge in [-0.05, 0) is 48.2 Å². The van der Waals surface area contributed by atoms with E-state index in [2.05, 4.69) is 5.32 Å². The fourth-order valence-electron chi connectivity index (χ4n) is 3.72. The molecule has 0 saturated heterocycles. The number of aliphatic carboxylic acids is 1. The third-order valence-corrected chi connectivity index (χ3v) is 5.74. The summed E-state index contributed by atoms with van der Waals surface area (Å²) in [5.41, 5.74) is 3.68. The number of halogens is 1. The van der Waals surface area contributed by atoms with E-state index in [-0.39, 0.29) is 12.5 Å². The summed E-state index contributed by atoms with van der Waals surface area (Å²) >= 11 is 6.33. The summed E-state index contributed by atoms with van der Waals surface area (Å²) in [6, 6.07) is 11.9. The topological polar surface area (TPSA) is 91.6 Å². The third-order valence-electron chi connectivity index (χ3n) is 5.42. The summed E-state index contributed by atoms with van der Waals surface area (Å²) in [5.74, 6) is -1.78. The summed E-state index contributed by atoms with van der Waals surface area (Å²) in [6.07, 6.45) is 0.484. The van der Waals surface area contributed by atoms with Crippen LogP contribution in [0, 0.1) is 6.92 Å². The number of nitrogens with one attached hydrogen (secondary N) is 1. The molecule has 7 heteroatoms. The van der Waals surface area contributed by atoms with Gasteiger partial charge in [0.05, 0.1) is 29.1 Å². The molecule has 30 heavy (non-hydrogen) atoms. The van der Waals surface area contributed by atoms with Crippen LogP contribution in [0.25, 0.3) is 10.9 Å². The molecule has 0 spiro atoms. The minimum Gasteiger partial charge on any atom is -0.481 e. The van der Waals surface area contributed by atoms with Gasteiger partial charge in [0.15, 0.2) is 0 Å². The molecule has 1 unspecified atom stereocenters. The zero-order valence-electron chi connectivity index (χ0n) is 17.1. The number of carbonyl (C=O) groups excluding carboxylic acids is 1. The highest BCUT2D eigenvalue weighted by molar-refractivity contribution is 6.35. The average Bonchev–Trinajstić information content (AvgIpc) is 3.04. The summed E-state index contributed by atoms with van der Waals surface area (Å²) < 4.78 is 1.78. The number of aliphatic hydroxyl groups is 1. The van der Waals surface area contributed by atoms with Crippen molar-refractivity contribution in [1.82, 2.24) is 9.88 Å². The van der Waals surface area contributed by atoms with Crippen LogP contribution >= 0.6 is 11.6 Å². The number of aliphatic hydroxyl groups excluding tert-OH is 1. The molecule has 3 N–H and O–H groups in total. The number of nitrogens with zero attached hydrogens (tertiary/aromatic N) is 1. The molecule has 0 saturated carbocycles. The van der Waals surface area contributed by atoms with E-state index < -0.39 is 17.9 Å². The van der Waals surface area contributed by atoms with Crippen molar-refractivity contribution in [1.29, 1.82) is 0 Å². The van der Waals surface area contributed by atoms with Crippen molar-refractivity contribution in [2.24, 2.45) is 7.05 Å². The van der Waals surface area contributed by atoms with Gasteiger partial charge in [-0.25, -0.2) is 0 Å². The highest BCUT2D eigenvalue weighted by Crippen LogP contribution is 2.28. The van der Waals surface area contributed by atoms with Gasteiger partial charge < -0.3 is 20.1 Å². The second-order valence-electron chi connectivity index (χ2n) is 7.44. The van der Waals surface area contributed by atoms with Crippen LogP contribution in [0.2, 0.25) is 5.02 Å². The van der Waals surface area contributed by atoms with Gasteiger partial charge >= 0.3 is 5.97 Å². The van der Waals surface area contributed by atoms with E-state index in [1.54, 1.807) is 41.9 Å². The molecule has 0 aliphatic carbocycles. The van der Waals surface area contributed by atoms with Crippen LogP contribution in [-0.4, -0.2) is 33.3 Å². The lowest BCUT2D eigenvalue weighted by molar-refractivity contribution is -0.138. The fraction of sp³-hybridized carbons (Fsp3) is 0.304. The molecule has 0 fully saturated rings. The van der Waals surface area contributed by atoms with E-state index in [4.69, 9.17) is 11.6 Å². The lowest BCUT2D eigenvalue weighted by Gasteiger charge is -2.18. The number of amides is 1. The van der Waals surface area contributed by atoms with Crippen molar-refractivity contribution >= 4 is 34.4 Å². The van der Waals surface area contributed by atoms with Gasteiger partial charge in [0.1, 0.15) is 5.69 Å². The van der Waals surface area contributed by atoms with Crippen LogP contribution in [-0.2, 0) is 11.8 Å². The molecule has 1 amide bonds. The molecule has 0 radical (unpaired) electrons. The minimum atomic E-state index is -0.873. The Labute approximate surface area is 180 Å². The number of benzene rings is 2. The molecule has 0 aliphatic heterocycles. The lowest BCUT2D eigenvalue weighted by Crippen LogP contribution is -2.32. The zero-order chi connectivity index (χ0) is 22.0. The first kappa shape index (κ1) is 21.9. The Kier molecular flexibility index (Phi) is 6.48. The van der Waals surface area contributed by atoms with Gasteiger partial charge in [0.25, 0.3) is 5.91 Å². The number of hydrogen-bond acceptors (Lipinski definition) is 3. The van der Waals surface area contributed by atoms with Gasteiger partial charge in [-0.3, -0.25) is 9.59 Å². The second-order valence-corrected chi connectivity index (χ2v) is 7.85. The summed E-state index contributed by atoms with van der Waals surface area (Å²) in [4.78, 5) is 24.3. The Hall–Kier alpha value is -2.83. The fourth-order valence-corrected chi connectivity index (χ4v) is 4.04. The molecule has 1 heterocycles. The molecule has 3 aromatic rings. The maximum absolute atomic E-state index is 12.9. The van der Waals surface area contributed by atoms with E-state index in [0.717, 1.165) is 16.5 Å². The minimum absolute atomic E-state index is 0.287. The quantitative estimate of drug-likeness (QED) is 0.526. The predicted molar refractivity (Wildman–Crippen MR) is 117 cm³/mol. The molecule has 6 nitrogen and oxygen atoms in total. The predicted octanol–water partition coefficient (Wildman–Crippen LogP) is 4.18. The van der Waals surface area contributed by atoms with E-state index >= 15 is 0 Å².